The number of phenolic OH excluding ortho intramolecular Hbond substituents is 2. The highest BCUT2D eigenvalue weighted by molar-refractivity contribution is 5.97. The molecular weight excluding hydrogens is 893 g/mol. The van der Waals surface area contributed by atoms with Gasteiger partial charge in [-0.3, -0.25) is 9.59 Å². The predicted octanol–water partition coefficient (Wildman–Crippen LogP) is 9.22. The van der Waals surface area contributed by atoms with Crippen molar-refractivity contribution < 1.29 is 48.3 Å². The number of carbonyl (C=O) groups excluding carboxylic acids is 4. The van der Waals surface area contributed by atoms with Gasteiger partial charge in [-0.15, -0.1) is 0 Å². The van der Waals surface area contributed by atoms with Gasteiger partial charge in [0.2, 0.25) is 0 Å². The lowest BCUT2D eigenvalue weighted by atomic mass is 9.93. The summed E-state index contributed by atoms with van der Waals surface area (Å²) in [6.07, 6.45) is 4.22. The van der Waals surface area contributed by atoms with E-state index >= 15 is 0 Å². The van der Waals surface area contributed by atoms with Crippen LogP contribution in [0.3, 0.4) is 0 Å². The van der Waals surface area contributed by atoms with E-state index in [1.54, 1.807) is 47.4 Å². The molecule has 0 unspecified atom stereocenters. The molecule has 0 aromatic heterocycles. The molecule has 4 N–H and O–H groups in total. The molecule has 4 aromatic carbocycles. The second-order valence-corrected chi connectivity index (χ2v) is 19.5. The van der Waals surface area contributed by atoms with Gasteiger partial charge >= 0.3 is 12.2 Å². The lowest BCUT2D eigenvalue weighted by Gasteiger charge is -2.32. The van der Waals surface area contributed by atoms with Crippen LogP contribution in [0.2, 0.25) is 0 Å². The first kappa shape index (κ1) is 53.5. The third kappa shape index (κ3) is 17.6. The molecule has 372 valence electrons. The van der Waals surface area contributed by atoms with Gasteiger partial charge in [0.05, 0.1) is 34.4 Å². The van der Waals surface area contributed by atoms with E-state index in [0.29, 0.717) is 85.9 Å². The number of rotatable bonds is 14. The third-order valence-corrected chi connectivity index (χ3v) is 11.6. The van der Waals surface area contributed by atoms with E-state index < -0.39 is 23.4 Å². The second-order valence-electron chi connectivity index (χ2n) is 19.5. The molecule has 16 heteroatoms. The Labute approximate surface area is 411 Å². The summed E-state index contributed by atoms with van der Waals surface area (Å²) in [5, 5.41) is 42.9. The maximum Gasteiger partial charge on any atom is 0.407 e. The van der Waals surface area contributed by atoms with Crippen LogP contribution in [0.5, 0.6) is 23.0 Å². The van der Waals surface area contributed by atoms with Crippen LogP contribution < -0.4 is 20.1 Å². The van der Waals surface area contributed by atoms with Gasteiger partial charge in [0.25, 0.3) is 11.8 Å². The summed E-state index contributed by atoms with van der Waals surface area (Å²) in [4.78, 5) is 53.3. The number of nitrogens with zero attached hydrogens (tertiary/aromatic N) is 4. The number of hydrogen-bond acceptors (Lipinski definition) is 12. The Balaban J connectivity index is 0.000000299. The van der Waals surface area contributed by atoms with Crippen molar-refractivity contribution in [1.29, 1.82) is 10.5 Å². The van der Waals surface area contributed by atoms with Crippen LogP contribution in [0.4, 0.5) is 9.59 Å². The van der Waals surface area contributed by atoms with E-state index in [1.165, 1.54) is 18.2 Å². The van der Waals surface area contributed by atoms with Gasteiger partial charge < -0.3 is 49.6 Å². The minimum absolute atomic E-state index is 0.0738. The number of carbonyl (C=O) groups is 4. The zero-order valence-electron chi connectivity index (χ0n) is 41.1. The molecule has 2 heterocycles. The number of alkyl carbamates (subject to hydrolysis) is 2. The van der Waals surface area contributed by atoms with Crippen molar-refractivity contribution in [3.05, 3.63) is 118 Å². The zero-order valence-corrected chi connectivity index (χ0v) is 41.1. The minimum atomic E-state index is -0.532. The Bertz CT molecular complexity index is 2470. The van der Waals surface area contributed by atoms with Gasteiger partial charge in [-0.05, 0) is 152 Å². The number of ether oxygens (including phenoxy) is 4. The molecule has 0 bridgehead atoms. The first-order valence-corrected chi connectivity index (χ1v) is 23.7. The number of benzene rings is 4. The molecule has 0 aliphatic carbocycles. The molecule has 2 aliphatic rings. The van der Waals surface area contributed by atoms with Crippen molar-refractivity contribution in [1.82, 2.24) is 20.4 Å². The molecular formula is C54H66N6O10. The quantitative estimate of drug-likeness (QED) is 0.0928. The maximum absolute atomic E-state index is 13.7. The van der Waals surface area contributed by atoms with Crippen molar-refractivity contribution in [2.45, 2.75) is 104 Å². The molecule has 2 saturated heterocycles. The molecule has 6 rings (SSSR count). The largest absolute Gasteiger partial charge is 0.508 e. The number of phenols is 2. The first-order valence-electron chi connectivity index (χ1n) is 23.7. The minimum Gasteiger partial charge on any atom is -0.508 e. The second kappa shape index (κ2) is 25.2. The van der Waals surface area contributed by atoms with Gasteiger partial charge in [-0.2, -0.15) is 10.5 Å². The maximum atomic E-state index is 13.7. The highest BCUT2D eigenvalue weighted by atomic mass is 16.6. The molecule has 2 fully saturated rings. The fourth-order valence-corrected chi connectivity index (χ4v) is 7.84. The molecule has 4 amide bonds. The first-order chi connectivity index (χ1) is 33.3. The number of nitrogens with one attached hydrogen (secondary N) is 2. The fourth-order valence-electron chi connectivity index (χ4n) is 7.84. The van der Waals surface area contributed by atoms with Crippen molar-refractivity contribution >= 4 is 24.0 Å². The molecule has 2 aliphatic heterocycles. The molecule has 0 atom stereocenters. The van der Waals surface area contributed by atoms with Crippen molar-refractivity contribution in [3.8, 4) is 35.1 Å². The SMILES string of the molecule is CC(C)(C)OC(=O)NCCC1CCN(C(=O)c2ccc(O)cc2O)CC1.CC(C)(C)OC(=O)NCCC1CCN(C(=O)c2ccc(OCc3ccc(C#N)cc3)cc2OCc2ccc(C#N)cc2)CC1. The Morgan fingerprint density at radius 2 is 1.03 bits per heavy atom. The van der Waals surface area contributed by atoms with Crippen molar-refractivity contribution in [2.75, 3.05) is 39.3 Å². The van der Waals surface area contributed by atoms with Gasteiger partial charge in [-0.25, -0.2) is 9.59 Å². The van der Waals surface area contributed by atoms with E-state index in [2.05, 4.69) is 22.8 Å². The summed E-state index contributed by atoms with van der Waals surface area (Å²) in [5.41, 5.74) is 2.54. The average molecular weight is 959 g/mol. The topological polar surface area (TPSA) is 224 Å². The van der Waals surface area contributed by atoms with Crippen LogP contribution in [0.25, 0.3) is 0 Å². The lowest BCUT2D eigenvalue weighted by Crippen LogP contribution is -2.39. The molecule has 70 heavy (non-hydrogen) atoms. The van der Waals surface area contributed by atoms with E-state index in [0.717, 1.165) is 49.7 Å². The van der Waals surface area contributed by atoms with Gasteiger partial charge in [0.1, 0.15) is 47.4 Å². The Hall–Kier alpha value is -7.46. The highest BCUT2D eigenvalue weighted by Gasteiger charge is 2.28. The van der Waals surface area contributed by atoms with Gasteiger partial charge in [-0.1, -0.05) is 24.3 Å². The van der Waals surface area contributed by atoms with Crippen LogP contribution >= 0.6 is 0 Å². The monoisotopic (exact) mass is 958 g/mol. The zero-order chi connectivity index (χ0) is 50.8. The third-order valence-electron chi connectivity index (χ3n) is 11.6. The smallest absolute Gasteiger partial charge is 0.407 e. The average Bonchev–Trinajstić information content (AvgIpc) is 3.32. The van der Waals surface area contributed by atoms with E-state index in [-0.39, 0.29) is 35.5 Å². The number of amides is 4. The van der Waals surface area contributed by atoms with Gasteiger partial charge in [0, 0.05) is 51.4 Å². The van der Waals surface area contributed by atoms with Crippen molar-refractivity contribution in [3.63, 3.8) is 0 Å². The highest BCUT2D eigenvalue weighted by Crippen LogP contribution is 2.31. The standard InChI is InChI=1S/C35H38N4O5.C19H28N2O5/c1-35(2,3)44-34(41)38-17-14-25-15-18-39(19-16-25)33(40)31-13-12-30(42-23-28-8-4-26(21-36)5-9-28)20-32(31)43-24-29-10-6-27(22-37)7-11-29;1-19(2,3)26-18(25)20-9-6-13-7-10-21(11-8-13)17(24)15-5-4-14(22)12-16(15)23/h4-13,20,25H,14-19,23-24H2,1-3H3,(H,38,41);4-5,12-13,22-23H,6-11H2,1-3H3,(H,20,25). The van der Waals surface area contributed by atoms with Crippen LogP contribution in [0, 0.1) is 34.5 Å². The predicted molar refractivity (Wildman–Crippen MR) is 262 cm³/mol. The summed E-state index contributed by atoms with van der Waals surface area (Å²) < 4.78 is 22.7. The van der Waals surface area contributed by atoms with Crippen LogP contribution in [-0.2, 0) is 22.7 Å². The summed E-state index contributed by atoms with van der Waals surface area (Å²) in [6.45, 7) is 15.0. The Kier molecular flexibility index (Phi) is 19.3. The van der Waals surface area contributed by atoms with Crippen molar-refractivity contribution in [2.24, 2.45) is 11.8 Å². The van der Waals surface area contributed by atoms with E-state index in [4.69, 9.17) is 29.5 Å². The van der Waals surface area contributed by atoms with Gasteiger partial charge in [0.15, 0.2) is 0 Å². The number of nitriles is 2. The van der Waals surface area contributed by atoms with Crippen LogP contribution in [-0.4, -0.2) is 94.5 Å². The molecule has 16 nitrogen and oxygen atoms in total. The summed E-state index contributed by atoms with van der Waals surface area (Å²) in [6, 6.07) is 27.7. The Morgan fingerprint density at radius 1 is 0.600 bits per heavy atom. The lowest BCUT2D eigenvalue weighted by molar-refractivity contribution is 0.0509. The molecule has 0 spiro atoms. The number of likely N-dealkylation sites (tertiary alicyclic amines) is 2. The van der Waals surface area contributed by atoms with Crippen LogP contribution in [0.1, 0.15) is 123 Å². The summed E-state index contributed by atoms with van der Waals surface area (Å²) in [5.74, 6) is 1.18. The summed E-state index contributed by atoms with van der Waals surface area (Å²) >= 11 is 0. The molecule has 0 saturated carbocycles. The fraction of sp³-hybridized carbons (Fsp3) is 0.444. The van der Waals surface area contributed by atoms with E-state index in [9.17, 15) is 29.4 Å². The van der Waals surface area contributed by atoms with E-state index in [1.807, 2.05) is 70.7 Å². The summed E-state index contributed by atoms with van der Waals surface area (Å²) in [7, 11) is 0. The number of piperidine rings is 2. The molecule has 0 radical (unpaired) electrons. The number of aromatic hydroxyl groups is 2. The van der Waals surface area contributed by atoms with Crippen LogP contribution in [0.15, 0.2) is 84.9 Å². The Morgan fingerprint density at radius 3 is 1.46 bits per heavy atom. The normalized spacial score (nSPS) is 14.2. The molecule has 4 aromatic rings. The number of hydrogen-bond donors (Lipinski definition) is 4.